The zero-order chi connectivity index (χ0) is 16.1. The molecule has 0 spiro atoms. The molecule has 1 saturated heterocycles. The molecule has 2 rings (SSSR count). The minimum absolute atomic E-state index is 0.186. The van der Waals surface area contributed by atoms with Crippen LogP contribution in [0, 0.1) is 5.41 Å². The van der Waals surface area contributed by atoms with Crippen LogP contribution in [0.3, 0.4) is 0 Å². The Hall–Kier alpha value is -0.690. The van der Waals surface area contributed by atoms with Crippen molar-refractivity contribution in [2.75, 3.05) is 19.7 Å². The van der Waals surface area contributed by atoms with E-state index >= 15 is 0 Å². The lowest BCUT2D eigenvalue weighted by Crippen LogP contribution is -2.50. The van der Waals surface area contributed by atoms with Gasteiger partial charge in [-0.2, -0.15) is 0 Å². The molecule has 0 radical (unpaired) electrons. The molecule has 6 nitrogen and oxygen atoms in total. The minimum Gasteiger partial charge on any atom is -0.481 e. The molecule has 2 fully saturated rings. The van der Waals surface area contributed by atoms with Crippen molar-refractivity contribution in [2.45, 2.75) is 69.6 Å². The van der Waals surface area contributed by atoms with Gasteiger partial charge >= 0.3 is 5.97 Å². The van der Waals surface area contributed by atoms with Crippen LogP contribution < -0.4 is 11.1 Å². The van der Waals surface area contributed by atoms with E-state index in [0.29, 0.717) is 32.4 Å². The third kappa shape index (κ3) is 4.41. The highest BCUT2D eigenvalue weighted by Gasteiger charge is 2.39. The van der Waals surface area contributed by atoms with Crippen LogP contribution in [0.4, 0.5) is 0 Å². The third-order valence-corrected chi connectivity index (χ3v) is 5.30. The number of nitrogens with two attached hydrogens (primary N) is 1. The zero-order valence-corrected chi connectivity index (χ0v) is 13.4. The van der Waals surface area contributed by atoms with E-state index in [-0.39, 0.29) is 12.8 Å². The number of hydrogen-bond acceptors (Lipinski definition) is 5. The molecule has 6 heteroatoms. The number of nitrogens with one attached hydrogen (secondary N) is 1. The van der Waals surface area contributed by atoms with Gasteiger partial charge in [0.1, 0.15) is 6.23 Å². The SMILES string of the molecule is NCC1(O)CCOC(NCCCC2(C(=O)O)CCCCC2)C1. The van der Waals surface area contributed by atoms with E-state index in [4.69, 9.17) is 10.5 Å². The summed E-state index contributed by atoms with van der Waals surface area (Å²) in [5, 5.41) is 23.0. The van der Waals surface area contributed by atoms with Crippen LogP contribution in [0.2, 0.25) is 0 Å². The van der Waals surface area contributed by atoms with Crippen LogP contribution in [0.25, 0.3) is 0 Å². The van der Waals surface area contributed by atoms with Crippen LogP contribution >= 0.6 is 0 Å². The van der Waals surface area contributed by atoms with Crippen molar-refractivity contribution in [3.63, 3.8) is 0 Å². The van der Waals surface area contributed by atoms with E-state index < -0.39 is 17.0 Å². The second kappa shape index (κ2) is 7.73. The van der Waals surface area contributed by atoms with Gasteiger partial charge in [-0.3, -0.25) is 10.1 Å². The van der Waals surface area contributed by atoms with Crippen molar-refractivity contribution in [3.05, 3.63) is 0 Å². The van der Waals surface area contributed by atoms with E-state index in [1.807, 2.05) is 0 Å². The third-order valence-electron chi connectivity index (χ3n) is 5.30. The largest absolute Gasteiger partial charge is 0.481 e. The molecule has 0 aromatic heterocycles. The zero-order valence-electron chi connectivity index (χ0n) is 13.4. The molecule has 1 aliphatic carbocycles. The number of carboxylic acid groups (broad SMARTS) is 1. The van der Waals surface area contributed by atoms with Crippen molar-refractivity contribution in [1.29, 1.82) is 0 Å². The van der Waals surface area contributed by atoms with Gasteiger partial charge < -0.3 is 20.7 Å². The Bertz CT molecular complexity index is 371. The Labute approximate surface area is 132 Å². The molecule has 22 heavy (non-hydrogen) atoms. The van der Waals surface area contributed by atoms with Crippen LogP contribution in [-0.2, 0) is 9.53 Å². The van der Waals surface area contributed by atoms with Gasteiger partial charge in [-0.15, -0.1) is 0 Å². The van der Waals surface area contributed by atoms with E-state index in [0.717, 1.165) is 38.5 Å². The first-order chi connectivity index (χ1) is 10.5. The molecule has 5 N–H and O–H groups in total. The topological polar surface area (TPSA) is 105 Å². The number of carboxylic acids is 1. The van der Waals surface area contributed by atoms with Crippen LogP contribution in [0.15, 0.2) is 0 Å². The molecule has 1 heterocycles. The summed E-state index contributed by atoms with van der Waals surface area (Å²) in [6.45, 7) is 1.46. The summed E-state index contributed by atoms with van der Waals surface area (Å²) in [4.78, 5) is 11.6. The first-order valence-electron chi connectivity index (χ1n) is 8.51. The lowest BCUT2D eigenvalue weighted by Gasteiger charge is -2.37. The Balaban J connectivity index is 1.73. The maximum absolute atomic E-state index is 11.6. The summed E-state index contributed by atoms with van der Waals surface area (Å²) < 4.78 is 5.60. The Morgan fingerprint density at radius 2 is 2.00 bits per heavy atom. The molecule has 128 valence electrons. The molecule has 0 aromatic carbocycles. The molecule has 2 unspecified atom stereocenters. The fourth-order valence-electron chi connectivity index (χ4n) is 3.70. The first kappa shape index (κ1) is 17.7. The summed E-state index contributed by atoms with van der Waals surface area (Å²) in [6, 6.07) is 0. The standard InChI is InChI=1S/C16H30N2O4/c17-12-16(21)8-10-22-13(11-16)18-9-4-7-15(14(19)20)5-2-1-3-6-15/h13,18,21H,1-12,17H2,(H,19,20). The van der Waals surface area contributed by atoms with Gasteiger partial charge in [-0.25, -0.2) is 0 Å². The van der Waals surface area contributed by atoms with Crippen molar-refractivity contribution in [1.82, 2.24) is 5.32 Å². The molecule has 1 saturated carbocycles. The minimum atomic E-state index is -0.832. The number of ether oxygens (including phenoxy) is 1. The normalized spacial score (nSPS) is 31.8. The number of rotatable bonds is 7. The fraction of sp³-hybridized carbons (Fsp3) is 0.938. The van der Waals surface area contributed by atoms with Crippen molar-refractivity contribution in [2.24, 2.45) is 11.1 Å². The predicted octanol–water partition coefficient (Wildman–Crippen LogP) is 1.22. The van der Waals surface area contributed by atoms with Gasteiger partial charge in [-0.1, -0.05) is 19.3 Å². The Morgan fingerprint density at radius 1 is 1.27 bits per heavy atom. The Morgan fingerprint density at radius 3 is 2.64 bits per heavy atom. The molecule has 0 amide bonds. The second-order valence-electron chi connectivity index (χ2n) is 6.95. The van der Waals surface area contributed by atoms with Gasteiger partial charge in [0.2, 0.25) is 0 Å². The summed E-state index contributed by atoms with van der Waals surface area (Å²) in [5.41, 5.74) is 4.25. The summed E-state index contributed by atoms with van der Waals surface area (Å²) in [7, 11) is 0. The highest BCUT2D eigenvalue weighted by molar-refractivity contribution is 5.74. The van der Waals surface area contributed by atoms with Gasteiger partial charge in [0.15, 0.2) is 0 Å². The lowest BCUT2D eigenvalue weighted by atomic mass is 9.71. The van der Waals surface area contributed by atoms with Gasteiger partial charge in [0.25, 0.3) is 0 Å². The fourth-order valence-corrected chi connectivity index (χ4v) is 3.70. The average molecular weight is 314 g/mol. The molecule has 0 aromatic rings. The maximum Gasteiger partial charge on any atom is 0.309 e. The molecule has 0 bridgehead atoms. The van der Waals surface area contributed by atoms with Crippen molar-refractivity contribution >= 4 is 5.97 Å². The average Bonchev–Trinajstić information content (AvgIpc) is 2.52. The molecular formula is C16H30N2O4. The van der Waals surface area contributed by atoms with E-state index in [9.17, 15) is 15.0 Å². The smallest absolute Gasteiger partial charge is 0.309 e. The summed E-state index contributed by atoms with van der Waals surface area (Å²) >= 11 is 0. The van der Waals surface area contributed by atoms with E-state index in [1.54, 1.807) is 0 Å². The number of hydrogen-bond donors (Lipinski definition) is 4. The maximum atomic E-state index is 11.6. The van der Waals surface area contributed by atoms with Crippen molar-refractivity contribution < 1.29 is 19.7 Å². The monoisotopic (exact) mass is 314 g/mol. The number of aliphatic carboxylic acids is 1. The predicted molar refractivity (Wildman–Crippen MR) is 83.4 cm³/mol. The molecule has 2 atom stereocenters. The van der Waals surface area contributed by atoms with E-state index in [1.165, 1.54) is 0 Å². The Kier molecular flexibility index (Phi) is 6.20. The summed E-state index contributed by atoms with van der Waals surface area (Å²) in [6.07, 6.45) is 7.21. The van der Waals surface area contributed by atoms with E-state index in [2.05, 4.69) is 5.32 Å². The molecular weight excluding hydrogens is 284 g/mol. The van der Waals surface area contributed by atoms with Crippen LogP contribution in [0.5, 0.6) is 0 Å². The summed E-state index contributed by atoms with van der Waals surface area (Å²) in [5.74, 6) is -0.640. The van der Waals surface area contributed by atoms with Gasteiger partial charge in [0.05, 0.1) is 17.6 Å². The quantitative estimate of drug-likeness (QED) is 0.527. The lowest BCUT2D eigenvalue weighted by molar-refractivity contribution is -0.151. The molecule has 1 aliphatic heterocycles. The number of carbonyl (C=O) groups is 1. The first-order valence-corrected chi connectivity index (χ1v) is 8.51. The highest BCUT2D eigenvalue weighted by atomic mass is 16.5. The van der Waals surface area contributed by atoms with Crippen LogP contribution in [-0.4, -0.2) is 47.7 Å². The van der Waals surface area contributed by atoms with Crippen molar-refractivity contribution in [3.8, 4) is 0 Å². The van der Waals surface area contributed by atoms with Gasteiger partial charge in [0, 0.05) is 19.4 Å². The van der Waals surface area contributed by atoms with Crippen LogP contribution in [0.1, 0.15) is 57.8 Å². The number of aliphatic hydroxyl groups is 1. The highest BCUT2D eigenvalue weighted by Crippen LogP contribution is 2.40. The second-order valence-corrected chi connectivity index (χ2v) is 6.95. The van der Waals surface area contributed by atoms with Gasteiger partial charge in [-0.05, 0) is 32.2 Å². The molecule has 2 aliphatic rings.